The molecule has 5 heteroatoms. The van der Waals surface area contributed by atoms with Crippen LogP contribution < -0.4 is 11.1 Å². The van der Waals surface area contributed by atoms with Crippen LogP contribution in [0.1, 0.15) is 17.3 Å². The van der Waals surface area contributed by atoms with E-state index >= 15 is 0 Å². The summed E-state index contributed by atoms with van der Waals surface area (Å²) >= 11 is 1.54. The molecule has 4 N–H and O–H groups in total. The van der Waals surface area contributed by atoms with Crippen molar-refractivity contribution in [1.29, 1.82) is 0 Å². The van der Waals surface area contributed by atoms with E-state index < -0.39 is 0 Å². The highest BCUT2D eigenvalue weighted by Gasteiger charge is 2.11. The van der Waals surface area contributed by atoms with E-state index in [4.69, 9.17) is 10.8 Å². The maximum absolute atomic E-state index is 11.6. The van der Waals surface area contributed by atoms with Gasteiger partial charge in [-0.1, -0.05) is 6.92 Å². The van der Waals surface area contributed by atoms with Gasteiger partial charge in [-0.2, -0.15) is 0 Å². The minimum absolute atomic E-state index is 0.121. The predicted octanol–water partition coefficient (Wildman–Crippen LogP) is 1.35. The number of rotatable bonds is 5. The first-order valence-electron chi connectivity index (χ1n) is 5.43. The highest BCUT2D eigenvalue weighted by molar-refractivity contribution is 7.99. The molecule has 0 spiro atoms. The fourth-order valence-electron chi connectivity index (χ4n) is 1.27. The normalized spacial score (nSPS) is 12.2. The lowest BCUT2D eigenvalue weighted by Crippen LogP contribution is -2.19. The quantitative estimate of drug-likeness (QED) is 0.547. The topological polar surface area (TPSA) is 75.4 Å². The lowest BCUT2D eigenvalue weighted by Gasteiger charge is -2.11. The third-order valence-electron chi connectivity index (χ3n) is 2.31. The van der Waals surface area contributed by atoms with Crippen molar-refractivity contribution in [3.05, 3.63) is 23.8 Å². The second kappa shape index (κ2) is 6.51. The predicted molar refractivity (Wildman–Crippen MR) is 71.2 cm³/mol. The molecule has 1 atom stereocenters. The molecule has 1 amide bonds. The van der Waals surface area contributed by atoms with Crippen LogP contribution in [0.15, 0.2) is 23.1 Å². The number of aliphatic hydroxyl groups is 1. The first-order chi connectivity index (χ1) is 8.08. The number of hydrogen-bond donors (Lipinski definition) is 3. The zero-order valence-electron chi connectivity index (χ0n) is 10.1. The highest BCUT2D eigenvalue weighted by Crippen LogP contribution is 2.26. The van der Waals surface area contributed by atoms with Crippen LogP contribution in [0.4, 0.5) is 5.69 Å². The molecule has 1 rings (SSSR count). The SMILES string of the molecule is CNC(=O)c1ccc(N)cc1SCC(C)CO. The standard InChI is InChI=1S/C12H18N2O2S/c1-8(6-15)7-17-11-5-9(13)3-4-10(11)12(16)14-2/h3-5,8,15H,6-7,13H2,1-2H3,(H,14,16). The summed E-state index contributed by atoms with van der Waals surface area (Å²) in [4.78, 5) is 12.5. The van der Waals surface area contributed by atoms with Crippen LogP contribution >= 0.6 is 11.8 Å². The van der Waals surface area contributed by atoms with Gasteiger partial charge in [0, 0.05) is 30.0 Å². The van der Waals surface area contributed by atoms with Crippen molar-refractivity contribution in [3.63, 3.8) is 0 Å². The zero-order valence-corrected chi connectivity index (χ0v) is 10.9. The van der Waals surface area contributed by atoms with Crippen molar-refractivity contribution in [2.45, 2.75) is 11.8 Å². The molecule has 1 aromatic carbocycles. The monoisotopic (exact) mass is 254 g/mol. The number of nitrogen functional groups attached to an aromatic ring is 1. The molecule has 0 saturated carbocycles. The maximum atomic E-state index is 11.6. The molecule has 0 heterocycles. The molecule has 17 heavy (non-hydrogen) atoms. The third-order valence-corrected chi connectivity index (χ3v) is 3.70. The number of amides is 1. The minimum Gasteiger partial charge on any atom is -0.399 e. The van der Waals surface area contributed by atoms with Crippen LogP contribution in [0.25, 0.3) is 0 Å². The van der Waals surface area contributed by atoms with Crippen LogP contribution in [0.2, 0.25) is 0 Å². The average Bonchev–Trinajstić information content (AvgIpc) is 2.35. The highest BCUT2D eigenvalue weighted by atomic mass is 32.2. The minimum atomic E-state index is -0.121. The number of hydrogen-bond acceptors (Lipinski definition) is 4. The van der Waals surface area contributed by atoms with Gasteiger partial charge in [-0.15, -0.1) is 11.8 Å². The smallest absolute Gasteiger partial charge is 0.252 e. The zero-order chi connectivity index (χ0) is 12.8. The molecule has 0 aliphatic rings. The average molecular weight is 254 g/mol. The summed E-state index contributed by atoms with van der Waals surface area (Å²) in [6.07, 6.45) is 0. The summed E-state index contributed by atoms with van der Waals surface area (Å²) in [6.45, 7) is 2.10. The van der Waals surface area contributed by atoms with Crippen LogP contribution in [-0.4, -0.2) is 30.4 Å². The van der Waals surface area contributed by atoms with Gasteiger partial charge in [0.25, 0.3) is 5.91 Å². The van der Waals surface area contributed by atoms with E-state index in [1.807, 2.05) is 6.92 Å². The molecule has 0 aliphatic carbocycles. The van der Waals surface area contributed by atoms with Crippen molar-refractivity contribution < 1.29 is 9.90 Å². The maximum Gasteiger partial charge on any atom is 0.252 e. The van der Waals surface area contributed by atoms with Gasteiger partial charge in [0.2, 0.25) is 0 Å². The van der Waals surface area contributed by atoms with E-state index in [0.717, 1.165) is 10.6 Å². The van der Waals surface area contributed by atoms with Crippen LogP contribution in [0, 0.1) is 5.92 Å². The Kier molecular flexibility index (Phi) is 5.31. The van der Waals surface area contributed by atoms with Gasteiger partial charge in [0.05, 0.1) is 5.56 Å². The molecule has 0 aromatic heterocycles. The number of thioether (sulfide) groups is 1. The first kappa shape index (κ1) is 13.9. The number of carbonyl (C=O) groups is 1. The Morgan fingerprint density at radius 2 is 2.29 bits per heavy atom. The van der Waals surface area contributed by atoms with E-state index in [9.17, 15) is 4.79 Å². The van der Waals surface area contributed by atoms with Crippen molar-refractivity contribution >= 4 is 23.4 Å². The van der Waals surface area contributed by atoms with Gasteiger partial charge in [-0.25, -0.2) is 0 Å². The number of anilines is 1. The van der Waals surface area contributed by atoms with Gasteiger partial charge in [-0.05, 0) is 24.1 Å². The first-order valence-corrected chi connectivity index (χ1v) is 6.42. The summed E-state index contributed by atoms with van der Waals surface area (Å²) in [5.41, 5.74) is 6.97. The summed E-state index contributed by atoms with van der Waals surface area (Å²) in [7, 11) is 1.60. The second-order valence-corrected chi connectivity index (χ2v) is 5.00. The van der Waals surface area contributed by atoms with Gasteiger partial charge >= 0.3 is 0 Å². The van der Waals surface area contributed by atoms with Gasteiger partial charge < -0.3 is 16.2 Å². The summed E-state index contributed by atoms with van der Waals surface area (Å²) in [6, 6.07) is 5.23. The largest absolute Gasteiger partial charge is 0.399 e. The Labute approximate surface area is 106 Å². The van der Waals surface area contributed by atoms with E-state index in [2.05, 4.69) is 5.32 Å². The second-order valence-electron chi connectivity index (χ2n) is 3.93. The summed E-state index contributed by atoms with van der Waals surface area (Å²) in [5, 5.41) is 11.6. The number of carbonyl (C=O) groups excluding carboxylic acids is 1. The van der Waals surface area contributed by atoms with Crippen LogP contribution in [0.3, 0.4) is 0 Å². The van der Waals surface area contributed by atoms with E-state index in [0.29, 0.717) is 11.3 Å². The van der Waals surface area contributed by atoms with Crippen LogP contribution in [-0.2, 0) is 0 Å². The number of benzene rings is 1. The molecule has 0 aliphatic heterocycles. The van der Waals surface area contributed by atoms with Gasteiger partial charge in [0.15, 0.2) is 0 Å². The van der Waals surface area contributed by atoms with Gasteiger partial charge in [-0.3, -0.25) is 4.79 Å². The molecule has 0 saturated heterocycles. The molecule has 4 nitrogen and oxygen atoms in total. The Morgan fingerprint density at radius 3 is 2.88 bits per heavy atom. The fourth-order valence-corrected chi connectivity index (χ4v) is 2.37. The molecule has 1 unspecified atom stereocenters. The summed E-state index contributed by atoms with van der Waals surface area (Å²) < 4.78 is 0. The molecule has 94 valence electrons. The third kappa shape index (κ3) is 3.94. The van der Waals surface area contributed by atoms with Crippen molar-refractivity contribution in [1.82, 2.24) is 5.32 Å². The Morgan fingerprint density at radius 1 is 1.59 bits per heavy atom. The molecule has 0 fully saturated rings. The summed E-state index contributed by atoms with van der Waals surface area (Å²) in [5.74, 6) is 0.826. The number of nitrogens with two attached hydrogens (primary N) is 1. The van der Waals surface area contributed by atoms with Crippen molar-refractivity contribution in [2.75, 3.05) is 25.1 Å². The fraction of sp³-hybridized carbons (Fsp3) is 0.417. The van der Waals surface area contributed by atoms with E-state index in [-0.39, 0.29) is 18.4 Å². The number of nitrogens with one attached hydrogen (secondary N) is 1. The lowest BCUT2D eigenvalue weighted by molar-refractivity contribution is 0.0960. The Hall–Kier alpha value is -1.20. The van der Waals surface area contributed by atoms with E-state index in [1.165, 1.54) is 11.8 Å². The van der Waals surface area contributed by atoms with Gasteiger partial charge in [0.1, 0.15) is 0 Å². The molecule has 0 bridgehead atoms. The lowest BCUT2D eigenvalue weighted by atomic mass is 10.2. The Balaban J connectivity index is 2.87. The number of aliphatic hydroxyl groups excluding tert-OH is 1. The van der Waals surface area contributed by atoms with Crippen LogP contribution in [0.5, 0.6) is 0 Å². The molecular formula is C12H18N2O2S. The van der Waals surface area contributed by atoms with Crippen molar-refractivity contribution in [3.8, 4) is 0 Å². The molecule has 0 radical (unpaired) electrons. The molecular weight excluding hydrogens is 236 g/mol. The van der Waals surface area contributed by atoms with E-state index in [1.54, 1.807) is 25.2 Å². The van der Waals surface area contributed by atoms with Crippen molar-refractivity contribution in [2.24, 2.45) is 5.92 Å². The molecule has 1 aromatic rings. The Bertz CT molecular complexity index is 396.